The standard InChI is InChI=1S/C13H10N2O6/c16-12(17)8-5-10(13(18)19)11(14-6-8)7-2-1-3-9(4-7)15(20)21/h1-4,6,14H,5H2,(H,16,17)(H,18,19). The molecule has 8 heteroatoms. The van der Waals surface area contributed by atoms with E-state index in [9.17, 15) is 24.8 Å². The zero-order valence-electron chi connectivity index (χ0n) is 10.6. The number of dihydropyridines is 1. The van der Waals surface area contributed by atoms with Gasteiger partial charge in [0, 0.05) is 30.3 Å². The smallest absolute Gasteiger partial charge is 0.334 e. The minimum Gasteiger partial charge on any atom is -0.478 e. The number of nitro groups is 1. The van der Waals surface area contributed by atoms with Crippen LogP contribution in [0.1, 0.15) is 12.0 Å². The third kappa shape index (κ3) is 2.89. The van der Waals surface area contributed by atoms with Crippen molar-refractivity contribution in [3.63, 3.8) is 0 Å². The van der Waals surface area contributed by atoms with Gasteiger partial charge in [-0.2, -0.15) is 0 Å². The molecule has 1 aliphatic rings. The number of nitrogens with zero attached hydrogens (tertiary/aromatic N) is 1. The zero-order chi connectivity index (χ0) is 15.6. The molecule has 0 radical (unpaired) electrons. The summed E-state index contributed by atoms with van der Waals surface area (Å²) >= 11 is 0. The van der Waals surface area contributed by atoms with Crippen molar-refractivity contribution in [2.75, 3.05) is 0 Å². The van der Waals surface area contributed by atoms with Crippen LogP contribution in [0.5, 0.6) is 0 Å². The normalized spacial score (nSPS) is 14.2. The van der Waals surface area contributed by atoms with Crippen LogP contribution in [0, 0.1) is 10.1 Å². The molecule has 0 unspecified atom stereocenters. The van der Waals surface area contributed by atoms with Crippen LogP contribution in [-0.4, -0.2) is 27.1 Å². The number of carboxylic acids is 2. The Balaban J connectivity index is 2.48. The largest absolute Gasteiger partial charge is 0.478 e. The number of carbonyl (C=O) groups is 2. The lowest BCUT2D eigenvalue weighted by Crippen LogP contribution is -2.21. The van der Waals surface area contributed by atoms with Gasteiger partial charge in [-0.05, 0) is 0 Å². The Labute approximate surface area is 118 Å². The Bertz CT molecular complexity index is 704. The van der Waals surface area contributed by atoms with Gasteiger partial charge in [-0.1, -0.05) is 12.1 Å². The molecule has 8 nitrogen and oxygen atoms in total. The molecule has 1 heterocycles. The van der Waals surface area contributed by atoms with E-state index in [2.05, 4.69) is 5.32 Å². The van der Waals surface area contributed by atoms with Crippen molar-refractivity contribution in [2.45, 2.75) is 6.42 Å². The van der Waals surface area contributed by atoms with Crippen LogP contribution in [0.2, 0.25) is 0 Å². The first-order valence-corrected chi connectivity index (χ1v) is 5.80. The first-order chi connectivity index (χ1) is 9.90. The minimum atomic E-state index is -1.28. The molecule has 0 saturated carbocycles. The third-order valence-electron chi connectivity index (χ3n) is 2.94. The zero-order valence-corrected chi connectivity index (χ0v) is 10.6. The van der Waals surface area contributed by atoms with E-state index in [0.717, 1.165) is 0 Å². The number of hydrogen-bond donors (Lipinski definition) is 3. The molecule has 2 rings (SSSR count). The fourth-order valence-electron chi connectivity index (χ4n) is 1.93. The van der Waals surface area contributed by atoms with Crippen molar-refractivity contribution in [1.82, 2.24) is 5.32 Å². The van der Waals surface area contributed by atoms with Gasteiger partial charge in [0.15, 0.2) is 0 Å². The van der Waals surface area contributed by atoms with Crippen molar-refractivity contribution in [3.8, 4) is 0 Å². The maximum atomic E-state index is 11.3. The predicted molar refractivity (Wildman–Crippen MR) is 71.1 cm³/mol. The molecule has 21 heavy (non-hydrogen) atoms. The molecule has 0 aliphatic carbocycles. The molecule has 0 atom stereocenters. The Morgan fingerprint density at radius 2 is 1.95 bits per heavy atom. The molecule has 1 aromatic carbocycles. The fourth-order valence-corrected chi connectivity index (χ4v) is 1.93. The SMILES string of the molecule is O=C(O)C1=CNC(c2cccc([N+](=O)[O-])c2)=C(C(=O)O)C1. The number of aliphatic carboxylic acids is 2. The molecule has 1 aliphatic heterocycles. The van der Waals surface area contributed by atoms with Gasteiger partial charge in [-0.3, -0.25) is 10.1 Å². The average Bonchev–Trinajstić information content (AvgIpc) is 2.46. The first-order valence-electron chi connectivity index (χ1n) is 5.80. The Hall–Kier alpha value is -3.16. The number of rotatable bonds is 4. The monoisotopic (exact) mass is 290 g/mol. The Morgan fingerprint density at radius 1 is 1.24 bits per heavy atom. The average molecular weight is 290 g/mol. The van der Waals surface area contributed by atoms with E-state index in [1.54, 1.807) is 0 Å². The van der Waals surface area contributed by atoms with Crippen molar-refractivity contribution >= 4 is 23.3 Å². The highest BCUT2D eigenvalue weighted by molar-refractivity contribution is 6.00. The summed E-state index contributed by atoms with van der Waals surface area (Å²) in [6.45, 7) is 0. The van der Waals surface area contributed by atoms with E-state index in [1.807, 2.05) is 0 Å². The molecule has 0 aromatic heterocycles. The van der Waals surface area contributed by atoms with Gasteiger partial charge in [-0.25, -0.2) is 9.59 Å². The lowest BCUT2D eigenvalue weighted by atomic mass is 9.97. The van der Waals surface area contributed by atoms with Gasteiger partial charge in [0.1, 0.15) is 0 Å². The lowest BCUT2D eigenvalue weighted by Gasteiger charge is -2.18. The molecule has 0 saturated heterocycles. The highest BCUT2D eigenvalue weighted by atomic mass is 16.6. The Kier molecular flexibility index (Phi) is 3.70. The molecule has 0 amide bonds. The van der Waals surface area contributed by atoms with Crippen molar-refractivity contribution in [3.05, 3.63) is 57.3 Å². The molecule has 108 valence electrons. The second kappa shape index (κ2) is 5.45. The van der Waals surface area contributed by atoms with E-state index < -0.39 is 16.9 Å². The van der Waals surface area contributed by atoms with E-state index in [0.29, 0.717) is 5.56 Å². The molecule has 0 fully saturated rings. The van der Waals surface area contributed by atoms with Crippen LogP contribution in [0.3, 0.4) is 0 Å². The number of carboxylic acid groups (broad SMARTS) is 2. The van der Waals surface area contributed by atoms with Crippen molar-refractivity contribution in [2.24, 2.45) is 0 Å². The van der Waals surface area contributed by atoms with Gasteiger partial charge >= 0.3 is 11.9 Å². The first kappa shape index (κ1) is 14.3. The highest BCUT2D eigenvalue weighted by Crippen LogP contribution is 2.27. The Morgan fingerprint density at radius 3 is 2.52 bits per heavy atom. The lowest BCUT2D eigenvalue weighted by molar-refractivity contribution is -0.384. The molecular weight excluding hydrogens is 280 g/mol. The summed E-state index contributed by atoms with van der Waals surface area (Å²) in [5.74, 6) is -2.50. The van der Waals surface area contributed by atoms with Crippen LogP contribution in [0.25, 0.3) is 5.70 Å². The quantitative estimate of drug-likeness (QED) is 0.563. The summed E-state index contributed by atoms with van der Waals surface area (Å²) in [7, 11) is 0. The van der Waals surface area contributed by atoms with Gasteiger partial charge in [0.05, 0.1) is 21.8 Å². The fraction of sp³-hybridized carbons (Fsp3) is 0.0769. The molecule has 1 aromatic rings. The molecule has 0 spiro atoms. The molecule has 0 bridgehead atoms. The van der Waals surface area contributed by atoms with Crippen LogP contribution >= 0.6 is 0 Å². The van der Waals surface area contributed by atoms with E-state index in [4.69, 9.17) is 5.11 Å². The topological polar surface area (TPSA) is 130 Å². The van der Waals surface area contributed by atoms with Gasteiger partial charge in [-0.15, -0.1) is 0 Å². The predicted octanol–water partition coefficient (Wildman–Crippen LogP) is 1.35. The highest BCUT2D eigenvalue weighted by Gasteiger charge is 2.24. The second-order valence-electron chi connectivity index (χ2n) is 4.26. The van der Waals surface area contributed by atoms with Crippen LogP contribution in [0.15, 0.2) is 41.6 Å². The summed E-state index contributed by atoms with van der Waals surface area (Å²) in [5, 5.41) is 31.4. The number of non-ortho nitro benzene ring substituents is 1. The van der Waals surface area contributed by atoms with E-state index in [1.165, 1.54) is 30.5 Å². The maximum absolute atomic E-state index is 11.3. The second-order valence-corrected chi connectivity index (χ2v) is 4.26. The summed E-state index contributed by atoms with van der Waals surface area (Å²) < 4.78 is 0. The summed E-state index contributed by atoms with van der Waals surface area (Å²) in [6.07, 6.45) is 0.915. The number of benzene rings is 1. The van der Waals surface area contributed by atoms with Crippen molar-refractivity contribution < 1.29 is 24.7 Å². The summed E-state index contributed by atoms with van der Waals surface area (Å²) in [5.41, 5.74) is 0.0232. The van der Waals surface area contributed by atoms with Gasteiger partial charge in [0.25, 0.3) is 5.69 Å². The molecule has 3 N–H and O–H groups in total. The number of nitrogens with one attached hydrogen (secondary N) is 1. The number of hydrogen-bond acceptors (Lipinski definition) is 5. The number of nitro benzene ring substituents is 1. The van der Waals surface area contributed by atoms with Crippen LogP contribution in [0.4, 0.5) is 5.69 Å². The minimum absolute atomic E-state index is 0.0958. The van der Waals surface area contributed by atoms with Gasteiger partial charge < -0.3 is 15.5 Å². The summed E-state index contributed by atoms with van der Waals surface area (Å²) in [6, 6.07) is 5.45. The maximum Gasteiger partial charge on any atom is 0.334 e. The molecular formula is C13H10N2O6. The third-order valence-corrected chi connectivity index (χ3v) is 2.94. The van der Waals surface area contributed by atoms with E-state index in [-0.39, 0.29) is 29.0 Å². The van der Waals surface area contributed by atoms with Crippen LogP contribution < -0.4 is 5.32 Å². The van der Waals surface area contributed by atoms with Crippen molar-refractivity contribution in [1.29, 1.82) is 0 Å². The summed E-state index contributed by atoms with van der Waals surface area (Å²) in [4.78, 5) is 32.3. The van der Waals surface area contributed by atoms with Gasteiger partial charge in [0.2, 0.25) is 0 Å². The van der Waals surface area contributed by atoms with Crippen LogP contribution in [-0.2, 0) is 9.59 Å². The van der Waals surface area contributed by atoms with E-state index >= 15 is 0 Å².